The number of hydrogen-bond donors (Lipinski definition) is 1. The van der Waals surface area contributed by atoms with E-state index in [2.05, 4.69) is 5.10 Å². The molecule has 0 amide bonds. The summed E-state index contributed by atoms with van der Waals surface area (Å²) >= 11 is 0. The number of aliphatic hydroxyl groups is 1. The lowest BCUT2D eigenvalue weighted by Crippen LogP contribution is -2.31. The largest absolute Gasteiger partial charge is 0.384 e. The van der Waals surface area contributed by atoms with Crippen molar-refractivity contribution in [1.82, 2.24) is 9.78 Å². The average molecular weight is 276 g/mol. The van der Waals surface area contributed by atoms with E-state index in [4.69, 9.17) is 9.47 Å². The third-order valence-corrected chi connectivity index (χ3v) is 3.29. The summed E-state index contributed by atoms with van der Waals surface area (Å²) in [6, 6.07) is 11.5. The molecule has 1 aromatic carbocycles. The second-order valence-electron chi connectivity index (χ2n) is 4.84. The number of hydrogen-bond acceptors (Lipinski definition) is 4. The van der Waals surface area contributed by atoms with E-state index in [0.717, 1.165) is 5.69 Å². The Bertz CT molecular complexity index is 533. The normalized spacial score (nSPS) is 14.4. The van der Waals surface area contributed by atoms with Crippen molar-refractivity contribution in [2.75, 3.05) is 14.2 Å². The molecular weight excluding hydrogens is 256 g/mol. The zero-order valence-corrected chi connectivity index (χ0v) is 12.0. The molecule has 0 spiro atoms. The summed E-state index contributed by atoms with van der Waals surface area (Å²) in [6.07, 6.45) is 1.52. The van der Waals surface area contributed by atoms with E-state index in [1.165, 1.54) is 0 Å². The Hall–Kier alpha value is -1.69. The smallest absolute Gasteiger partial charge is 0.159 e. The maximum absolute atomic E-state index is 10.7. The van der Waals surface area contributed by atoms with Crippen LogP contribution in [-0.4, -0.2) is 35.4 Å². The van der Waals surface area contributed by atoms with Gasteiger partial charge in [-0.25, -0.2) is 4.68 Å². The van der Waals surface area contributed by atoms with Crippen molar-refractivity contribution in [1.29, 1.82) is 0 Å². The first kappa shape index (κ1) is 14.7. The summed E-state index contributed by atoms with van der Waals surface area (Å²) in [5.74, 6) is 0. The van der Waals surface area contributed by atoms with Gasteiger partial charge in [-0.2, -0.15) is 5.10 Å². The summed E-state index contributed by atoms with van der Waals surface area (Å²) in [5.41, 5.74) is 0.491. The molecule has 5 nitrogen and oxygen atoms in total. The van der Waals surface area contributed by atoms with Gasteiger partial charge < -0.3 is 14.6 Å². The predicted octanol–water partition coefficient (Wildman–Crippen LogP) is 2.09. The fraction of sp³-hybridized carbons (Fsp3) is 0.400. The molecule has 0 fully saturated rings. The fourth-order valence-corrected chi connectivity index (χ4v) is 2.18. The molecule has 0 aliphatic rings. The predicted molar refractivity (Wildman–Crippen MR) is 75.6 cm³/mol. The van der Waals surface area contributed by atoms with Crippen LogP contribution in [0.3, 0.4) is 0 Å². The SMILES string of the molecule is COC(CC(C)(O)c1ccnn1-c1ccccc1)OC. The summed E-state index contributed by atoms with van der Waals surface area (Å²) < 4.78 is 12.1. The Morgan fingerprint density at radius 3 is 2.45 bits per heavy atom. The molecule has 2 aromatic rings. The van der Waals surface area contributed by atoms with Gasteiger partial charge in [0.2, 0.25) is 0 Å². The van der Waals surface area contributed by atoms with Crippen molar-refractivity contribution in [2.24, 2.45) is 0 Å². The molecule has 2 rings (SSSR count). The van der Waals surface area contributed by atoms with Crippen molar-refractivity contribution in [3.63, 3.8) is 0 Å². The Morgan fingerprint density at radius 2 is 1.85 bits per heavy atom. The molecule has 0 aliphatic carbocycles. The maximum atomic E-state index is 10.7. The van der Waals surface area contributed by atoms with Crippen molar-refractivity contribution < 1.29 is 14.6 Å². The highest BCUT2D eigenvalue weighted by Crippen LogP contribution is 2.28. The third kappa shape index (κ3) is 3.07. The highest BCUT2D eigenvalue weighted by Gasteiger charge is 2.31. The van der Waals surface area contributed by atoms with Crippen LogP contribution in [0.2, 0.25) is 0 Å². The number of rotatable bonds is 6. The van der Waals surface area contributed by atoms with Crippen LogP contribution in [0.1, 0.15) is 19.0 Å². The number of benzene rings is 1. The van der Waals surface area contributed by atoms with Crippen LogP contribution >= 0.6 is 0 Å². The zero-order valence-electron chi connectivity index (χ0n) is 12.0. The molecule has 0 aliphatic heterocycles. The molecule has 0 bridgehead atoms. The Morgan fingerprint density at radius 1 is 1.20 bits per heavy atom. The Kier molecular flexibility index (Phi) is 4.54. The van der Waals surface area contributed by atoms with Gasteiger partial charge in [-0.3, -0.25) is 0 Å². The second-order valence-corrected chi connectivity index (χ2v) is 4.84. The van der Waals surface area contributed by atoms with Gasteiger partial charge >= 0.3 is 0 Å². The van der Waals surface area contributed by atoms with Gasteiger partial charge in [0.05, 0.1) is 11.4 Å². The molecule has 1 atom stereocenters. The van der Waals surface area contributed by atoms with Crippen molar-refractivity contribution in [3.05, 3.63) is 48.3 Å². The monoisotopic (exact) mass is 276 g/mol. The van der Waals surface area contributed by atoms with Crippen molar-refractivity contribution in [2.45, 2.75) is 25.2 Å². The van der Waals surface area contributed by atoms with E-state index in [1.807, 2.05) is 30.3 Å². The van der Waals surface area contributed by atoms with Crippen LogP contribution in [-0.2, 0) is 15.1 Å². The lowest BCUT2D eigenvalue weighted by Gasteiger charge is -2.27. The zero-order chi connectivity index (χ0) is 14.6. The molecule has 20 heavy (non-hydrogen) atoms. The highest BCUT2D eigenvalue weighted by molar-refractivity contribution is 5.33. The van der Waals surface area contributed by atoms with Gasteiger partial charge in [0.25, 0.3) is 0 Å². The van der Waals surface area contributed by atoms with Gasteiger partial charge in [-0.15, -0.1) is 0 Å². The van der Waals surface area contributed by atoms with Crippen LogP contribution in [0.15, 0.2) is 42.6 Å². The number of nitrogens with zero attached hydrogens (tertiary/aromatic N) is 2. The maximum Gasteiger partial charge on any atom is 0.159 e. The summed E-state index contributed by atoms with van der Waals surface area (Å²) in [5, 5.41) is 15.0. The van der Waals surface area contributed by atoms with E-state index in [-0.39, 0.29) is 0 Å². The van der Waals surface area contributed by atoms with Crippen LogP contribution < -0.4 is 0 Å². The lowest BCUT2D eigenvalue weighted by atomic mass is 9.97. The molecule has 0 radical (unpaired) electrons. The third-order valence-electron chi connectivity index (χ3n) is 3.29. The minimum absolute atomic E-state index is 0.318. The summed E-state index contributed by atoms with van der Waals surface area (Å²) in [4.78, 5) is 0. The molecule has 1 unspecified atom stereocenters. The number of aromatic nitrogens is 2. The molecule has 1 heterocycles. The van der Waals surface area contributed by atoms with E-state index in [9.17, 15) is 5.11 Å². The first-order chi connectivity index (χ1) is 9.58. The first-order valence-electron chi connectivity index (χ1n) is 6.46. The quantitative estimate of drug-likeness (QED) is 0.821. The molecule has 0 saturated carbocycles. The van der Waals surface area contributed by atoms with Gasteiger partial charge in [-0.05, 0) is 25.1 Å². The topological polar surface area (TPSA) is 56.5 Å². The number of methoxy groups -OCH3 is 2. The van der Waals surface area contributed by atoms with Crippen LogP contribution in [0.4, 0.5) is 0 Å². The van der Waals surface area contributed by atoms with Crippen molar-refractivity contribution >= 4 is 0 Å². The van der Waals surface area contributed by atoms with Gasteiger partial charge in [0, 0.05) is 26.8 Å². The second kappa shape index (κ2) is 6.17. The molecule has 1 N–H and O–H groups in total. The van der Waals surface area contributed by atoms with Crippen molar-refractivity contribution in [3.8, 4) is 5.69 Å². The van der Waals surface area contributed by atoms with Gasteiger partial charge in [-0.1, -0.05) is 18.2 Å². The minimum atomic E-state index is -1.11. The van der Waals surface area contributed by atoms with Crippen LogP contribution in [0, 0.1) is 0 Å². The van der Waals surface area contributed by atoms with Crippen LogP contribution in [0.25, 0.3) is 5.69 Å². The Labute approximate surface area is 118 Å². The summed E-state index contributed by atoms with van der Waals surface area (Å²) in [7, 11) is 3.11. The lowest BCUT2D eigenvalue weighted by molar-refractivity contribution is -0.143. The van der Waals surface area contributed by atoms with Crippen LogP contribution in [0.5, 0.6) is 0 Å². The van der Waals surface area contributed by atoms with Gasteiger partial charge in [0.1, 0.15) is 5.60 Å². The first-order valence-corrected chi connectivity index (χ1v) is 6.46. The molecule has 108 valence electrons. The molecule has 1 aromatic heterocycles. The van der Waals surface area contributed by atoms with E-state index < -0.39 is 11.9 Å². The summed E-state index contributed by atoms with van der Waals surface area (Å²) in [6.45, 7) is 1.73. The van der Waals surface area contributed by atoms with E-state index >= 15 is 0 Å². The Balaban J connectivity index is 2.31. The standard InChI is InChI=1S/C15H20N2O3/c1-15(18,11-14(19-2)20-3)13-9-10-16-17(13)12-7-5-4-6-8-12/h4-10,14,18H,11H2,1-3H3. The minimum Gasteiger partial charge on any atom is -0.384 e. The molecular formula is C15H20N2O3. The van der Waals surface area contributed by atoms with Gasteiger partial charge in [0.15, 0.2) is 6.29 Å². The molecule has 5 heteroatoms. The molecule has 0 saturated heterocycles. The highest BCUT2D eigenvalue weighted by atomic mass is 16.7. The van der Waals surface area contributed by atoms with E-state index in [1.54, 1.807) is 38.1 Å². The number of para-hydroxylation sites is 1. The average Bonchev–Trinajstić information content (AvgIpc) is 2.96. The number of ether oxygens (including phenoxy) is 2. The fourth-order valence-electron chi connectivity index (χ4n) is 2.18. The van der Waals surface area contributed by atoms with E-state index in [0.29, 0.717) is 12.1 Å².